The Kier molecular flexibility index (Phi) is 5.88. The predicted octanol–water partition coefficient (Wildman–Crippen LogP) is 4.83. The van der Waals surface area contributed by atoms with Gasteiger partial charge in [-0.2, -0.15) is 0 Å². The molecule has 7 heteroatoms. The summed E-state index contributed by atoms with van der Waals surface area (Å²) in [6, 6.07) is 11.0. The maximum absolute atomic E-state index is 12.1. The highest BCUT2D eigenvalue weighted by Crippen LogP contribution is 2.29. The van der Waals surface area contributed by atoms with E-state index in [-0.39, 0.29) is 5.02 Å². The second-order valence-corrected chi connectivity index (χ2v) is 5.87. The Bertz CT molecular complexity index is 732. The average Bonchev–Trinajstić information content (AvgIpc) is 2.52. The molecule has 0 heterocycles. The predicted molar refractivity (Wildman–Crippen MR) is 91.4 cm³/mol. The Morgan fingerprint density at radius 2 is 1.70 bits per heavy atom. The van der Waals surface area contributed by atoms with Gasteiger partial charge in [-0.3, -0.25) is 4.79 Å². The minimum Gasteiger partial charge on any atom is -0.449 e. The summed E-state index contributed by atoms with van der Waals surface area (Å²) in [7, 11) is 0. The molecule has 120 valence electrons. The number of benzene rings is 2. The molecule has 0 bridgehead atoms. The van der Waals surface area contributed by atoms with Crippen LogP contribution < -0.4 is 5.32 Å². The molecule has 0 spiro atoms. The Morgan fingerprint density at radius 3 is 2.35 bits per heavy atom. The second kappa shape index (κ2) is 7.68. The fourth-order valence-electron chi connectivity index (χ4n) is 1.70. The number of carbonyl (C=O) groups excluding carboxylic acids is 2. The molecular weight excluding hydrogens is 361 g/mol. The van der Waals surface area contributed by atoms with Gasteiger partial charge in [0, 0.05) is 5.02 Å². The van der Waals surface area contributed by atoms with Gasteiger partial charge in [-0.05, 0) is 43.3 Å². The van der Waals surface area contributed by atoms with E-state index in [1.54, 1.807) is 30.3 Å². The van der Waals surface area contributed by atoms with Gasteiger partial charge in [0.05, 0.1) is 21.3 Å². The van der Waals surface area contributed by atoms with Crippen molar-refractivity contribution < 1.29 is 14.3 Å². The number of hydrogen-bond acceptors (Lipinski definition) is 3. The van der Waals surface area contributed by atoms with Crippen molar-refractivity contribution in [2.45, 2.75) is 13.0 Å². The van der Waals surface area contributed by atoms with E-state index >= 15 is 0 Å². The molecule has 1 unspecified atom stereocenters. The lowest BCUT2D eigenvalue weighted by atomic mass is 10.2. The van der Waals surface area contributed by atoms with Crippen LogP contribution in [0.25, 0.3) is 0 Å². The van der Waals surface area contributed by atoms with E-state index < -0.39 is 18.0 Å². The van der Waals surface area contributed by atoms with Crippen LogP contribution in [0.1, 0.15) is 17.3 Å². The summed E-state index contributed by atoms with van der Waals surface area (Å²) in [6.07, 6.45) is -1.01. The Morgan fingerprint density at radius 1 is 1.04 bits per heavy atom. The quantitative estimate of drug-likeness (QED) is 0.782. The molecule has 1 atom stereocenters. The van der Waals surface area contributed by atoms with Gasteiger partial charge in [-0.15, -0.1) is 0 Å². The number of nitrogens with one attached hydrogen (secondary N) is 1. The number of amides is 1. The minimum absolute atomic E-state index is 0.221. The molecule has 2 aromatic rings. The number of carbonyl (C=O) groups is 2. The molecule has 0 aliphatic carbocycles. The molecule has 2 aromatic carbocycles. The number of halogens is 3. The van der Waals surface area contributed by atoms with Gasteiger partial charge in [0.2, 0.25) is 0 Å². The Labute approximate surface area is 148 Å². The summed E-state index contributed by atoms with van der Waals surface area (Å²) in [6.45, 7) is 1.46. The molecule has 0 saturated carbocycles. The van der Waals surface area contributed by atoms with Crippen molar-refractivity contribution in [1.82, 2.24) is 0 Å². The summed E-state index contributed by atoms with van der Waals surface area (Å²) in [5, 5.41) is 3.60. The van der Waals surface area contributed by atoms with Crippen molar-refractivity contribution in [2.75, 3.05) is 5.32 Å². The summed E-state index contributed by atoms with van der Waals surface area (Å²) in [4.78, 5) is 24.0. The largest absolute Gasteiger partial charge is 0.449 e. The van der Waals surface area contributed by atoms with E-state index in [1.807, 2.05) is 0 Å². The highest BCUT2D eigenvalue weighted by atomic mass is 35.5. The van der Waals surface area contributed by atoms with E-state index in [4.69, 9.17) is 39.5 Å². The van der Waals surface area contributed by atoms with Crippen LogP contribution in [0.2, 0.25) is 15.1 Å². The third-order valence-electron chi connectivity index (χ3n) is 2.94. The normalized spacial score (nSPS) is 11.7. The molecular formula is C16H12Cl3NO3. The monoisotopic (exact) mass is 371 g/mol. The first kappa shape index (κ1) is 17.6. The summed E-state index contributed by atoms with van der Waals surface area (Å²) >= 11 is 17.6. The molecule has 0 fully saturated rings. The molecule has 0 saturated heterocycles. The topological polar surface area (TPSA) is 55.4 Å². The van der Waals surface area contributed by atoms with E-state index in [2.05, 4.69) is 5.32 Å². The van der Waals surface area contributed by atoms with Gasteiger partial charge in [0.25, 0.3) is 5.91 Å². The molecule has 0 aromatic heterocycles. The number of anilines is 1. The third-order valence-corrected chi connectivity index (χ3v) is 4.01. The number of rotatable bonds is 4. The molecule has 0 aliphatic rings. The van der Waals surface area contributed by atoms with E-state index in [0.717, 1.165) is 0 Å². The van der Waals surface area contributed by atoms with Crippen molar-refractivity contribution in [2.24, 2.45) is 0 Å². The van der Waals surface area contributed by atoms with E-state index in [0.29, 0.717) is 21.3 Å². The lowest BCUT2D eigenvalue weighted by Gasteiger charge is -2.14. The average molecular weight is 373 g/mol. The van der Waals surface area contributed by atoms with Crippen molar-refractivity contribution in [3.63, 3.8) is 0 Å². The second-order valence-electron chi connectivity index (χ2n) is 4.65. The van der Waals surface area contributed by atoms with E-state index in [1.165, 1.54) is 19.1 Å². The Balaban J connectivity index is 2.01. The smallest absolute Gasteiger partial charge is 0.338 e. The van der Waals surface area contributed by atoms with Crippen LogP contribution in [0.5, 0.6) is 0 Å². The van der Waals surface area contributed by atoms with Crippen LogP contribution in [0.4, 0.5) is 5.69 Å². The molecule has 0 radical (unpaired) electrons. The van der Waals surface area contributed by atoms with Crippen molar-refractivity contribution in [3.8, 4) is 0 Å². The summed E-state index contributed by atoms with van der Waals surface area (Å²) < 4.78 is 5.11. The van der Waals surface area contributed by atoms with Crippen LogP contribution in [0, 0.1) is 0 Å². The zero-order valence-corrected chi connectivity index (χ0v) is 14.2. The van der Waals surface area contributed by atoms with Crippen LogP contribution in [-0.2, 0) is 9.53 Å². The first-order chi connectivity index (χ1) is 10.9. The lowest BCUT2D eigenvalue weighted by molar-refractivity contribution is -0.123. The fraction of sp³-hybridized carbons (Fsp3) is 0.125. The van der Waals surface area contributed by atoms with Crippen molar-refractivity contribution in [1.29, 1.82) is 0 Å². The number of ether oxygens (including phenoxy) is 1. The van der Waals surface area contributed by atoms with Crippen LogP contribution in [0.15, 0.2) is 42.5 Å². The van der Waals surface area contributed by atoms with Gasteiger partial charge in [0.15, 0.2) is 6.10 Å². The van der Waals surface area contributed by atoms with Crippen molar-refractivity contribution in [3.05, 3.63) is 63.1 Å². The van der Waals surface area contributed by atoms with Crippen LogP contribution in [-0.4, -0.2) is 18.0 Å². The van der Waals surface area contributed by atoms with Crippen LogP contribution >= 0.6 is 34.8 Å². The first-order valence-electron chi connectivity index (χ1n) is 6.60. The molecule has 2 rings (SSSR count). The minimum atomic E-state index is -1.01. The lowest BCUT2D eigenvalue weighted by Crippen LogP contribution is -2.30. The highest BCUT2D eigenvalue weighted by molar-refractivity contribution is 6.44. The molecule has 1 amide bonds. The van der Waals surface area contributed by atoms with Gasteiger partial charge in [-0.25, -0.2) is 4.79 Å². The number of hydrogen-bond donors (Lipinski definition) is 1. The first-order valence-corrected chi connectivity index (χ1v) is 7.73. The zero-order chi connectivity index (χ0) is 17.0. The zero-order valence-electron chi connectivity index (χ0n) is 12.0. The highest BCUT2D eigenvalue weighted by Gasteiger charge is 2.20. The SMILES string of the molecule is CC(OC(=O)c1ccc(Cl)cc1)C(=O)Nc1cccc(Cl)c1Cl. The maximum Gasteiger partial charge on any atom is 0.338 e. The van der Waals surface area contributed by atoms with Crippen LogP contribution in [0.3, 0.4) is 0 Å². The van der Waals surface area contributed by atoms with Crippen molar-refractivity contribution >= 4 is 52.4 Å². The van der Waals surface area contributed by atoms with Gasteiger partial charge in [-0.1, -0.05) is 40.9 Å². The summed E-state index contributed by atoms with van der Waals surface area (Å²) in [5.74, 6) is -1.14. The van der Waals surface area contributed by atoms with E-state index in [9.17, 15) is 9.59 Å². The third kappa shape index (κ3) is 4.61. The van der Waals surface area contributed by atoms with Gasteiger partial charge in [0.1, 0.15) is 0 Å². The van der Waals surface area contributed by atoms with Gasteiger partial charge >= 0.3 is 5.97 Å². The molecule has 4 nitrogen and oxygen atoms in total. The summed E-state index contributed by atoms with van der Waals surface area (Å²) in [5.41, 5.74) is 0.647. The molecule has 0 aliphatic heterocycles. The maximum atomic E-state index is 12.1. The van der Waals surface area contributed by atoms with Gasteiger partial charge < -0.3 is 10.1 Å². The Hall–Kier alpha value is -1.75. The fourth-order valence-corrected chi connectivity index (χ4v) is 2.18. The molecule has 1 N–H and O–H groups in total. The standard InChI is InChI=1S/C16H12Cl3NO3/c1-9(23-16(22)10-5-7-11(17)8-6-10)15(21)20-13-4-2-3-12(18)14(13)19/h2-9H,1H3,(H,20,21). The number of esters is 1. The molecule has 23 heavy (non-hydrogen) atoms.